The Hall–Kier alpha value is -1.56. The van der Waals surface area contributed by atoms with E-state index < -0.39 is 11.6 Å². The van der Waals surface area contributed by atoms with Crippen LogP contribution in [0.2, 0.25) is 0 Å². The number of aromatic nitrogens is 2. The lowest BCUT2D eigenvalue weighted by molar-refractivity contribution is 0.587. The maximum atomic E-state index is 13.3. The number of benzene rings is 1. The fraction of sp³-hybridized carbons (Fsp3) is 0.273. The minimum atomic E-state index is -0.449. The standard InChI is InChI=1S/C11H11F2N3S/c1-2-10-15-16-11(17-10)14-6-7-5-8(12)3-4-9(7)13/h3-5H,2,6H2,1H3,(H,14,16). The number of anilines is 1. The van der Waals surface area contributed by atoms with E-state index in [1.807, 2.05) is 6.92 Å². The third-order valence-corrected chi connectivity index (χ3v) is 3.23. The van der Waals surface area contributed by atoms with E-state index in [-0.39, 0.29) is 12.1 Å². The molecule has 17 heavy (non-hydrogen) atoms. The second-order valence-corrected chi connectivity index (χ2v) is 4.51. The van der Waals surface area contributed by atoms with Gasteiger partial charge in [0.15, 0.2) is 0 Å². The molecular formula is C11H11F2N3S. The molecule has 0 radical (unpaired) electrons. The second-order valence-electron chi connectivity index (χ2n) is 3.44. The Labute approximate surface area is 102 Å². The van der Waals surface area contributed by atoms with Gasteiger partial charge in [-0.3, -0.25) is 0 Å². The lowest BCUT2D eigenvalue weighted by Gasteiger charge is -2.03. The van der Waals surface area contributed by atoms with Crippen LogP contribution in [0.25, 0.3) is 0 Å². The molecule has 0 aliphatic carbocycles. The number of hydrogen-bond donors (Lipinski definition) is 1. The van der Waals surface area contributed by atoms with Crippen LogP contribution in [0.4, 0.5) is 13.9 Å². The maximum Gasteiger partial charge on any atom is 0.205 e. The number of rotatable bonds is 4. The summed E-state index contributed by atoms with van der Waals surface area (Å²) in [6.07, 6.45) is 0.813. The van der Waals surface area contributed by atoms with Crippen LogP contribution in [-0.2, 0) is 13.0 Å². The summed E-state index contributed by atoms with van der Waals surface area (Å²) < 4.78 is 26.2. The van der Waals surface area contributed by atoms with Crippen LogP contribution in [0.5, 0.6) is 0 Å². The van der Waals surface area contributed by atoms with Crippen LogP contribution in [0.1, 0.15) is 17.5 Å². The van der Waals surface area contributed by atoms with Crippen LogP contribution in [0.15, 0.2) is 18.2 Å². The molecule has 0 aliphatic heterocycles. The highest BCUT2D eigenvalue weighted by atomic mass is 32.1. The summed E-state index contributed by atoms with van der Waals surface area (Å²) in [5.41, 5.74) is 0.276. The highest BCUT2D eigenvalue weighted by Gasteiger charge is 2.06. The highest BCUT2D eigenvalue weighted by molar-refractivity contribution is 7.15. The Morgan fingerprint density at radius 2 is 2.12 bits per heavy atom. The van der Waals surface area contributed by atoms with Gasteiger partial charge in [0.1, 0.15) is 16.6 Å². The van der Waals surface area contributed by atoms with Gasteiger partial charge in [0.2, 0.25) is 5.13 Å². The van der Waals surface area contributed by atoms with Crippen molar-refractivity contribution < 1.29 is 8.78 Å². The van der Waals surface area contributed by atoms with E-state index in [4.69, 9.17) is 0 Å². The molecule has 3 nitrogen and oxygen atoms in total. The molecule has 0 atom stereocenters. The molecule has 2 aromatic rings. The van der Waals surface area contributed by atoms with E-state index in [9.17, 15) is 8.78 Å². The van der Waals surface area contributed by atoms with Gasteiger partial charge in [-0.1, -0.05) is 18.3 Å². The zero-order valence-corrected chi connectivity index (χ0v) is 10.0. The molecule has 0 unspecified atom stereocenters. The first-order chi connectivity index (χ1) is 8.19. The lowest BCUT2D eigenvalue weighted by Crippen LogP contribution is -2.02. The average Bonchev–Trinajstić information content (AvgIpc) is 2.78. The number of halogens is 2. The van der Waals surface area contributed by atoms with Gasteiger partial charge in [0.05, 0.1) is 0 Å². The van der Waals surface area contributed by atoms with Crippen LogP contribution >= 0.6 is 11.3 Å². The first kappa shape index (κ1) is 11.9. The highest BCUT2D eigenvalue weighted by Crippen LogP contribution is 2.17. The zero-order chi connectivity index (χ0) is 12.3. The number of nitrogens with zero attached hydrogens (tertiary/aromatic N) is 2. The van der Waals surface area contributed by atoms with Gasteiger partial charge in [0, 0.05) is 12.1 Å². The third-order valence-electron chi connectivity index (χ3n) is 2.21. The first-order valence-corrected chi connectivity index (χ1v) is 6.01. The van der Waals surface area contributed by atoms with Crippen LogP contribution in [0.3, 0.4) is 0 Å². The topological polar surface area (TPSA) is 37.8 Å². The molecule has 1 heterocycles. The van der Waals surface area contributed by atoms with Gasteiger partial charge in [-0.25, -0.2) is 8.78 Å². The monoisotopic (exact) mass is 255 g/mol. The van der Waals surface area contributed by atoms with Crippen molar-refractivity contribution in [3.63, 3.8) is 0 Å². The van der Waals surface area contributed by atoms with E-state index >= 15 is 0 Å². The summed E-state index contributed by atoms with van der Waals surface area (Å²) in [4.78, 5) is 0. The molecule has 90 valence electrons. The first-order valence-electron chi connectivity index (χ1n) is 5.19. The molecule has 0 saturated heterocycles. The molecular weight excluding hydrogens is 244 g/mol. The van der Waals surface area contributed by atoms with Crippen molar-refractivity contribution in [2.24, 2.45) is 0 Å². The smallest absolute Gasteiger partial charge is 0.205 e. The number of nitrogens with one attached hydrogen (secondary N) is 1. The molecule has 1 aromatic carbocycles. The molecule has 6 heteroatoms. The summed E-state index contributed by atoms with van der Waals surface area (Å²) >= 11 is 1.41. The molecule has 1 N–H and O–H groups in total. The van der Waals surface area contributed by atoms with Crippen molar-refractivity contribution in [3.05, 3.63) is 40.4 Å². The molecule has 0 fully saturated rings. The van der Waals surface area contributed by atoms with Crippen molar-refractivity contribution in [3.8, 4) is 0 Å². The quantitative estimate of drug-likeness (QED) is 0.912. The molecule has 0 saturated carbocycles. The van der Waals surface area contributed by atoms with Crippen LogP contribution in [0, 0.1) is 11.6 Å². The molecule has 1 aromatic heterocycles. The molecule has 2 rings (SSSR count). The van der Waals surface area contributed by atoms with Gasteiger partial charge in [-0.2, -0.15) is 0 Å². The minimum Gasteiger partial charge on any atom is -0.356 e. The summed E-state index contributed by atoms with van der Waals surface area (Å²) in [5, 5.41) is 12.3. The fourth-order valence-corrected chi connectivity index (χ4v) is 1.99. The average molecular weight is 255 g/mol. The van der Waals surface area contributed by atoms with E-state index in [0.29, 0.717) is 5.13 Å². The SMILES string of the molecule is CCc1nnc(NCc2cc(F)ccc2F)s1. The second kappa shape index (κ2) is 5.18. The summed E-state index contributed by atoms with van der Waals surface area (Å²) in [6, 6.07) is 3.38. The maximum absolute atomic E-state index is 13.3. The predicted molar refractivity (Wildman–Crippen MR) is 63.0 cm³/mol. The molecule has 0 amide bonds. The molecule has 0 spiro atoms. The largest absolute Gasteiger partial charge is 0.356 e. The van der Waals surface area contributed by atoms with E-state index in [2.05, 4.69) is 15.5 Å². The van der Waals surface area contributed by atoms with Gasteiger partial charge in [-0.05, 0) is 24.6 Å². The lowest BCUT2D eigenvalue weighted by atomic mass is 10.2. The van der Waals surface area contributed by atoms with Crippen molar-refractivity contribution >= 4 is 16.5 Å². The van der Waals surface area contributed by atoms with Gasteiger partial charge in [-0.15, -0.1) is 10.2 Å². The summed E-state index contributed by atoms with van der Waals surface area (Å²) in [7, 11) is 0. The van der Waals surface area contributed by atoms with E-state index in [1.54, 1.807) is 0 Å². The van der Waals surface area contributed by atoms with Crippen LogP contribution < -0.4 is 5.32 Å². The Bertz CT molecular complexity index is 513. The fourth-order valence-electron chi connectivity index (χ4n) is 1.32. The Kier molecular flexibility index (Phi) is 3.63. The van der Waals surface area contributed by atoms with Gasteiger partial charge < -0.3 is 5.32 Å². The van der Waals surface area contributed by atoms with Crippen LogP contribution in [-0.4, -0.2) is 10.2 Å². The minimum absolute atomic E-state index is 0.196. The van der Waals surface area contributed by atoms with Crippen molar-refractivity contribution in [1.82, 2.24) is 10.2 Å². The molecule has 0 aliphatic rings. The van der Waals surface area contributed by atoms with Crippen molar-refractivity contribution in [2.45, 2.75) is 19.9 Å². The number of aryl methyl sites for hydroxylation is 1. The zero-order valence-electron chi connectivity index (χ0n) is 9.20. The van der Waals surface area contributed by atoms with E-state index in [0.717, 1.165) is 23.6 Å². The number of hydrogen-bond acceptors (Lipinski definition) is 4. The van der Waals surface area contributed by atoms with E-state index in [1.165, 1.54) is 17.4 Å². The normalized spacial score (nSPS) is 10.5. The Morgan fingerprint density at radius 1 is 1.29 bits per heavy atom. The molecule has 0 bridgehead atoms. The van der Waals surface area contributed by atoms with Gasteiger partial charge in [0.25, 0.3) is 0 Å². The summed E-state index contributed by atoms with van der Waals surface area (Å²) in [6.45, 7) is 2.18. The van der Waals surface area contributed by atoms with Gasteiger partial charge >= 0.3 is 0 Å². The van der Waals surface area contributed by atoms with Crippen molar-refractivity contribution in [1.29, 1.82) is 0 Å². The Balaban J connectivity index is 2.04. The Morgan fingerprint density at radius 3 is 2.82 bits per heavy atom. The third kappa shape index (κ3) is 2.97. The summed E-state index contributed by atoms with van der Waals surface area (Å²) in [5.74, 6) is -0.881. The van der Waals surface area contributed by atoms with Crippen molar-refractivity contribution in [2.75, 3.05) is 5.32 Å². The predicted octanol–water partition coefficient (Wildman–Crippen LogP) is 2.99.